The van der Waals surface area contributed by atoms with Gasteiger partial charge in [-0.15, -0.1) is 0 Å². The number of nitrogens with one attached hydrogen (secondary N) is 1. The molecule has 1 amide bonds. The van der Waals surface area contributed by atoms with Gasteiger partial charge in [-0.25, -0.2) is 9.59 Å². The number of allylic oxidation sites excluding steroid dienone is 1. The molecule has 1 N–H and O–H groups in total. The molecule has 2 atom stereocenters. The Morgan fingerprint density at radius 2 is 2.05 bits per heavy atom. The molecule has 0 bridgehead atoms. The molecule has 0 aromatic rings. The molecule has 0 fully saturated rings. The highest BCUT2D eigenvalue weighted by Gasteiger charge is 2.23. The average Bonchev–Trinajstić information content (AvgIpc) is 2.27. The Labute approximate surface area is 114 Å². The second-order valence-corrected chi connectivity index (χ2v) is 5.70. The van der Waals surface area contributed by atoms with Gasteiger partial charge in [0.25, 0.3) is 0 Å². The lowest BCUT2D eigenvalue weighted by atomic mass is 10.1. The van der Waals surface area contributed by atoms with E-state index in [0.717, 1.165) is 19.3 Å². The number of amides is 1. The number of carbonyl (C=O) groups is 2. The summed E-state index contributed by atoms with van der Waals surface area (Å²) in [6.07, 6.45) is 5.98. The Morgan fingerprint density at radius 1 is 1.37 bits per heavy atom. The quantitative estimate of drug-likeness (QED) is 0.631. The minimum atomic E-state index is -0.717. The van der Waals surface area contributed by atoms with Crippen LogP contribution in [-0.4, -0.2) is 29.8 Å². The van der Waals surface area contributed by atoms with Gasteiger partial charge < -0.3 is 14.8 Å². The van der Waals surface area contributed by atoms with Crippen molar-refractivity contribution in [2.75, 3.05) is 0 Å². The predicted molar refractivity (Wildman–Crippen MR) is 71.7 cm³/mol. The summed E-state index contributed by atoms with van der Waals surface area (Å²) in [5.41, 5.74) is -0.584. The first-order valence-electron chi connectivity index (χ1n) is 6.64. The summed E-state index contributed by atoms with van der Waals surface area (Å²) in [4.78, 5) is 23.3. The van der Waals surface area contributed by atoms with Crippen LogP contribution in [0.4, 0.5) is 4.79 Å². The first-order valence-corrected chi connectivity index (χ1v) is 6.64. The van der Waals surface area contributed by atoms with Crippen LogP contribution in [-0.2, 0) is 14.3 Å². The van der Waals surface area contributed by atoms with Crippen LogP contribution < -0.4 is 5.32 Å². The number of rotatable bonds is 3. The molecule has 5 heteroatoms. The van der Waals surface area contributed by atoms with Gasteiger partial charge in [-0.05, 0) is 53.0 Å². The Hall–Kier alpha value is -1.52. The van der Waals surface area contributed by atoms with E-state index >= 15 is 0 Å². The highest BCUT2D eigenvalue weighted by atomic mass is 16.6. The maximum absolute atomic E-state index is 11.8. The molecule has 108 valence electrons. The molecule has 0 spiro atoms. The molecule has 0 aliphatic heterocycles. The van der Waals surface area contributed by atoms with Gasteiger partial charge in [0.05, 0.1) is 0 Å². The van der Waals surface area contributed by atoms with Gasteiger partial charge in [0.2, 0.25) is 0 Å². The Balaban J connectivity index is 2.37. The summed E-state index contributed by atoms with van der Waals surface area (Å²) in [5.74, 6) is -0.442. The van der Waals surface area contributed by atoms with E-state index in [0.29, 0.717) is 0 Å². The SMILES string of the molecule is CC(NC(=O)OC(C)(C)C)C(=O)OC1C=CCCC1. The Bertz CT molecular complexity index is 357. The van der Waals surface area contributed by atoms with Gasteiger partial charge in [0.15, 0.2) is 0 Å². The van der Waals surface area contributed by atoms with Gasteiger partial charge in [-0.3, -0.25) is 0 Å². The summed E-state index contributed by atoms with van der Waals surface area (Å²) in [7, 11) is 0. The van der Waals surface area contributed by atoms with E-state index in [-0.39, 0.29) is 6.10 Å². The molecule has 0 radical (unpaired) electrons. The molecule has 2 unspecified atom stereocenters. The zero-order valence-corrected chi connectivity index (χ0v) is 12.1. The molecular weight excluding hydrogens is 246 g/mol. The van der Waals surface area contributed by atoms with Crippen molar-refractivity contribution >= 4 is 12.1 Å². The number of carbonyl (C=O) groups excluding carboxylic acids is 2. The van der Waals surface area contributed by atoms with E-state index < -0.39 is 23.7 Å². The van der Waals surface area contributed by atoms with Crippen molar-refractivity contribution in [2.45, 2.75) is 64.7 Å². The number of hydrogen-bond acceptors (Lipinski definition) is 4. The molecular formula is C14H23NO4. The first kappa shape index (κ1) is 15.5. The fourth-order valence-electron chi connectivity index (χ4n) is 1.67. The second-order valence-electron chi connectivity index (χ2n) is 5.70. The lowest BCUT2D eigenvalue weighted by Gasteiger charge is -2.23. The Morgan fingerprint density at radius 3 is 2.58 bits per heavy atom. The highest BCUT2D eigenvalue weighted by molar-refractivity contribution is 5.81. The van der Waals surface area contributed by atoms with Crippen LogP contribution in [0.1, 0.15) is 47.0 Å². The van der Waals surface area contributed by atoms with Crippen molar-refractivity contribution in [3.05, 3.63) is 12.2 Å². The van der Waals surface area contributed by atoms with Crippen molar-refractivity contribution in [1.29, 1.82) is 0 Å². The van der Waals surface area contributed by atoms with Gasteiger partial charge in [0.1, 0.15) is 17.7 Å². The number of ether oxygens (including phenoxy) is 2. The summed E-state index contributed by atoms with van der Waals surface area (Å²) in [5, 5.41) is 2.47. The number of esters is 1. The molecule has 5 nitrogen and oxygen atoms in total. The monoisotopic (exact) mass is 269 g/mol. The molecule has 0 saturated carbocycles. The topological polar surface area (TPSA) is 64.6 Å². The molecule has 0 aromatic heterocycles. The zero-order chi connectivity index (χ0) is 14.5. The smallest absolute Gasteiger partial charge is 0.408 e. The maximum atomic E-state index is 11.8. The van der Waals surface area contributed by atoms with Gasteiger partial charge in [-0.2, -0.15) is 0 Å². The molecule has 0 aromatic carbocycles. The van der Waals surface area contributed by atoms with Crippen LogP contribution in [0, 0.1) is 0 Å². The summed E-state index contributed by atoms with van der Waals surface area (Å²) >= 11 is 0. The third kappa shape index (κ3) is 6.27. The lowest BCUT2D eigenvalue weighted by Crippen LogP contribution is -2.43. The fraction of sp³-hybridized carbons (Fsp3) is 0.714. The summed E-state index contributed by atoms with van der Waals surface area (Å²) in [6, 6.07) is -0.717. The van der Waals surface area contributed by atoms with Crippen molar-refractivity contribution in [3.8, 4) is 0 Å². The van der Waals surface area contributed by atoms with Crippen LogP contribution in [0.25, 0.3) is 0 Å². The standard InChI is InChI=1S/C14H23NO4/c1-10(15-13(17)19-14(2,3)4)12(16)18-11-8-6-5-7-9-11/h6,8,10-11H,5,7,9H2,1-4H3,(H,15,17). The van der Waals surface area contributed by atoms with Crippen LogP contribution in [0.15, 0.2) is 12.2 Å². The van der Waals surface area contributed by atoms with Crippen LogP contribution in [0.5, 0.6) is 0 Å². The normalized spacial score (nSPS) is 20.5. The van der Waals surface area contributed by atoms with Crippen molar-refractivity contribution < 1.29 is 19.1 Å². The molecule has 0 saturated heterocycles. The van der Waals surface area contributed by atoms with E-state index in [9.17, 15) is 9.59 Å². The van der Waals surface area contributed by atoms with Crippen LogP contribution in [0.2, 0.25) is 0 Å². The second kappa shape index (κ2) is 6.59. The third-order valence-electron chi connectivity index (χ3n) is 2.56. The van der Waals surface area contributed by atoms with Crippen molar-refractivity contribution in [2.24, 2.45) is 0 Å². The van der Waals surface area contributed by atoms with E-state index in [1.54, 1.807) is 27.7 Å². The van der Waals surface area contributed by atoms with Gasteiger partial charge in [-0.1, -0.05) is 6.08 Å². The predicted octanol–water partition coefficient (Wildman–Crippen LogP) is 2.55. The maximum Gasteiger partial charge on any atom is 0.408 e. The van der Waals surface area contributed by atoms with E-state index in [2.05, 4.69) is 5.32 Å². The highest BCUT2D eigenvalue weighted by Crippen LogP contribution is 2.14. The van der Waals surface area contributed by atoms with Gasteiger partial charge >= 0.3 is 12.1 Å². The lowest BCUT2D eigenvalue weighted by molar-refractivity contribution is -0.149. The number of hydrogen-bond donors (Lipinski definition) is 1. The number of alkyl carbamates (subject to hydrolysis) is 1. The van der Waals surface area contributed by atoms with Crippen molar-refractivity contribution in [3.63, 3.8) is 0 Å². The minimum Gasteiger partial charge on any atom is -0.457 e. The first-order chi connectivity index (χ1) is 8.78. The van der Waals surface area contributed by atoms with Crippen molar-refractivity contribution in [1.82, 2.24) is 5.32 Å². The molecule has 0 heterocycles. The summed E-state index contributed by atoms with van der Waals surface area (Å²) in [6.45, 7) is 6.88. The van der Waals surface area contributed by atoms with E-state index in [4.69, 9.17) is 9.47 Å². The average molecular weight is 269 g/mol. The van der Waals surface area contributed by atoms with Gasteiger partial charge in [0, 0.05) is 0 Å². The fourth-order valence-corrected chi connectivity index (χ4v) is 1.67. The molecule has 1 rings (SSSR count). The molecule has 1 aliphatic carbocycles. The molecule has 19 heavy (non-hydrogen) atoms. The zero-order valence-electron chi connectivity index (χ0n) is 12.1. The third-order valence-corrected chi connectivity index (χ3v) is 2.56. The Kier molecular flexibility index (Phi) is 5.39. The van der Waals surface area contributed by atoms with E-state index in [1.807, 2.05) is 12.2 Å². The molecule has 1 aliphatic rings. The van der Waals surface area contributed by atoms with Crippen LogP contribution >= 0.6 is 0 Å². The van der Waals surface area contributed by atoms with Crippen LogP contribution in [0.3, 0.4) is 0 Å². The largest absolute Gasteiger partial charge is 0.457 e. The summed E-state index contributed by atoms with van der Waals surface area (Å²) < 4.78 is 10.4. The van der Waals surface area contributed by atoms with E-state index in [1.165, 1.54) is 0 Å². The minimum absolute atomic E-state index is 0.177.